The van der Waals surface area contributed by atoms with Gasteiger partial charge in [-0.3, -0.25) is 9.59 Å². The summed E-state index contributed by atoms with van der Waals surface area (Å²) >= 11 is 0. The molecule has 0 radical (unpaired) electrons. The largest absolute Gasteiger partial charge is 0.464 e. The lowest BCUT2D eigenvalue weighted by Gasteiger charge is -2.26. The molecule has 13 heteroatoms. The molecular formula is C26H41N3O10. The van der Waals surface area contributed by atoms with Crippen LogP contribution in [0.1, 0.15) is 55.4 Å². The van der Waals surface area contributed by atoms with Gasteiger partial charge in [0.2, 0.25) is 0 Å². The number of esters is 2. The van der Waals surface area contributed by atoms with E-state index >= 15 is 0 Å². The number of Topliss-reactive ketones (excluding diaryl/α,β-unsaturated/α-hetero) is 2. The highest BCUT2D eigenvalue weighted by atomic mass is 16.6. The van der Waals surface area contributed by atoms with Crippen molar-refractivity contribution in [3.8, 4) is 0 Å². The first-order valence-corrected chi connectivity index (χ1v) is 12.3. The molecule has 2 aromatic rings. The van der Waals surface area contributed by atoms with Crippen LogP contribution in [0.15, 0.2) is 24.3 Å². The maximum absolute atomic E-state index is 11.4. The van der Waals surface area contributed by atoms with Gasteiger partial charge in [0, 0.05) is 0 Å². The molecule has 0 bridgehead atoms. The Balaban J connectivity index is 0.000000560. The molecule has 2 N–H and O–H groups in total. The highest BCUT2D eigenvalue weighted by Gasteiger charge is 2.34. The minimum atomic E-state index is -1.23. The number of hydrogen-bond donors (Lipinski definition) is 2. The van der Waals surface area contributed by atoms with Gasteiger partial charge in [0.15, 0.2) is 22.8 Å². The molecule has 0 saturated heterocycles. The zero-order valence-corrected chi connectivity index (χ0v) is 23.9. The first kappa shape index (κ1) is 35.7. The Labute approximate surface area is 228 Å². The van der Waals surface area contributed by atoms with Crippen molar-refractivity contribution < 1.29 is 48.3 Å². The van der Waals surface area contributed by atoms with Crippen LogP contribution in [0.2, 0.25) is 0 Å². The molecule has 0 aliphatic carbocycles. The molecule has 13 nitrogen and oxygen atoms in total. The van der Waals surface area contributed by atoms with Crippen molar-refractivity contribution in [3.05, 3.63) is 24.3 Å². The molecule has 0 spiro atoms. The number of nitrogens with zero attached hydrogens (tertiary/aromatic N) is 3. The molecule has 39 heavy (non-hydrogen) atoms. The summed E-state index contributed by atoms with van der Waals surface area (Å²) in [6, 6.07) is 7.50. The number of benzene rings is 1. The van der Waals surface area contributed by atoms with Crippen molar-refractivity contribution >= 4 is 34.5 Å². The summed E-state index contributed by atoms with van der Waals surface area (Å²) in [5.74, 6) is -1.44. The molecule has 2 rings (SSSR count). The van der Waals surface area contributed by atoms with E-state index in [1.165, 1.54) is 32.4 Å². The molecule has 1 unspecified atom stereocenters. The summed E-state index contributed by atoms with van der Waals surface area (Å²) in [6.07, 6.45) is -0.982. The average molecular weight is 556 g/mol. The summed E-state index contributed by atoms with van der Waals surface area (Å²) in [7, 11) is 0. The van der Waals surface area contributed by atoms with E-state index in [-0.39, 0.29) is 31.5 Å². The molecule has 1 atom stereocenters. The van der Waals surface area contributed by atoms with Crippen molar-refractivity contribution in [1.29, 1.82) is 0 Å². The van der Waals surface area contributed by atoms with Gasteiger partial charge in [-0.05, 0) is 67.5 Å². The Morgan fingerprint density at radius 3 is 1.92 bits per heavy atom. The van der Waals surface area contributed by atoms with Gasteiger partial charge in [0.25, 0.3) is 0 Å². The van der Waals surface area contributed by atoms with Crippen LogP contribution in [-0.4, -0.2) is 92.4 Å². The van der Waals surface area contributed by atoms with Crippen LogP contribution >= 0.6 is 0 Å². The van der Waals surface area contributed by atoms with Crippen molar-refractivity contribution in [3.63, 3.8) is 0 Å². The summed E-state index contributed by atoms with van der Waals surface area (Å²) in [6.45, 7) is 12.2. The number of carbonyl (C=O) groups excluding carboxylic acids is 4. The van der Waals surface area contributed by atoms with Crippen molar-refractivity contribution in [1.82, 2.24) is 15.0 Å². The molecular weight excluding hydrogens is 514 g/mol. The second-order valence-corrected chi connectivity index (χ2v) is 9.07. The number of para-hydroxylation sites is 1. The number of ketones is 2. The third-order valence-electron chi connectivity index (χ3n) is 4.78. The molecule has 0 aliphatic heterocycles. The van der Waals surface area contributed by atoms with Crippen LogP contribution < -0.4 is 0 Å². The summed E-state index contributed by atoms with van der Waals surface area (Å²) in [4.78, 5) is 44.2. The second-order valence-electron chi connectivity index (χ2n) is 9.07. The molecule has 0 amide bonds. The second kappa shape index (κ2) is 17.4. The average Bonchev–Trinajstić information content (AvgIpc) is 3.30. The third-order valence-corrected chi connectivity index (χ3v) is 4.78. The van der Waals surface area contributed by atoms with E-state index in [9.17, 15) is 19.2 Å². The molecule has 1 aromatic heterocycles. The van der Waals surface area contributed by atoms with Crippen LogP contribution in [0.3, 0.4) is 0 Å². The van der Waals surface area contributed by atoms with Crippen molar-refractivity contribution in [2.24, 2.45) is 0 Å². The van der Waals surface area contributed by atoms with E-state index in [2.05, 4.69) is 10.3 Å². The lowest BCUT2D eigenvalue weighted by Crippen LogP contribution is -2.43. The van der Waals surface area contributed by atoms with Gasteiger partial charge in [-0.1, -0.05) is 17.3 Å². The van der Waals surface area contributed by atoms with Crippen LogP contribution in [0.4, 0.5) is 0 Å². The monoisotopic (exact) mass is 555 g/mol. The van der Waals surface area contributed by atoms with Crippen LogP contribution in [0.25, 0.3) is 11.0 Å². The minimum absolute atomic E-state index is 0.0637. The Morgan fingerprint density at radius 2 is 1.46 bits per heavy atom. The standard InChI is InChI=1S/C10H18O5.C9H16O4.C7H7N3O/c1-5-14-9(13)10(3,4)15-8(6-11)7(2)12;1-5-12-8(11)9(3,4)13-6-7(2)10;11-5-10-7-4-2-1-3-6(7)8-9-10/h8,11H,5-6H2,1-4H3;5-6H2,1-4H3;1-4,11H,5H2. The van der Waals surface area contributed by atoms with E-state index in [1.54, 1.807) is 27.7 Å². The number of aliphatic hydroxyl groups excluding tert-OH is 2. The SMILES string of the molecule is CCOC(=O)C(C)(C)OC(CO)C(C)=O.CCOC(=O)C(C)(C)OCC(C)=O.OCn1nnc2ccccc21. The van der Waals surface area contributed by atoms with Gasteiger partial charge < -0.3 is 29.2 Å². The topological polar surface area (TPSA) is 176 Å². The molecule has 0 saturated carbocycles. The van der Waals surface area contributed by atoms with E-state index in [1.807, 2.05) is 24.3 Å². The van der Waals surface area contributed by atoms with Gasteiger partial charge in [-0.25, -0.2) is 14.3 Å². The summed E-state index contributed by atoms with van der Waals surface area (Å²) < 4.78 is 21.2. The van der Waals surface area contributed by atoms with Gasteiger partial charge in [0.05, 0.1) is 25.3 Å². The fourth-order valence-electron chi connectivity index (χ4n) is 2.63. The third kappa shape index (κ3) is 12.9. The number of aliphatic hydroxyl groups is 2. The Kier molecular flexibility index (Phi) is 15.9. The van der Waals surface area contributed by atoms with Crippen LogP contribution in [0, 0.1) is 0 Å². The summed E-state index contributed by atoms with van der Waals surface area (Å²) in [5, 5.41) is 25.2. The maximum atomic E-state index is 11.4. The van der Waals surface area contributed by atoms with E-state index < -0.39 is 35.9 Å². The van der Waals surface area contributed by atoms with E-state index in [0.29, 0.717) is 6.61 Å². The molecule has 1 heterocycles. The molecule has 1 aromatic carbocycles. The number of hydrogen-bond acceptors (Lipinski definition) is 12. The Hall–Kier alpha value is -3.26. The zero-order chi connectivity index (χ0) is 30.2. The normalized spacial score (nSPS) is 11.8. The predicted octanol–water partition coefficient (Wildman–Crippen LogP) is 1.61. The van der Waals surface area contributed by atoms with Crippen molar-refractivity contribution in [2.45, 2.75) is 79.4 Å². The van der Waals surface area contributed by atoms with E-state index in [4.69, 9.17) is 29.2 Å². The lowest BCUT2D eigenvalue weighted by atomic mass is 10.1. The predicted molar refractivity (Wildman–Crippen MR) is 140 cm³/mol. The zero-order valence-electron chi connectivity index (χ0n) is 23.9. The van der Waals surface area contributed by atoms with Crippen LogP contribution in [0.5, 0.6) is 0 Å². The molecule has 0 aliphatic rings. The molecule has 220 valence electrons. The quantitative estimate of drug-likeness (QED) is 0.362. The number of aromatic nitrogens is 3. The van der Waals surface area contributed by atoms with Gasteiger partial charge in [-0.2, -0.15) is 0 Å². The van der Waals surface area contributed by atoms with Crippen molar-refractivity contribution in [2.75, 3.05) is 26.4 Å². The first-order chi connectivity index (χ1) is 18.2. The Bertz CT molecular complexity index is 1070. The highest BCUT2D eigenvalue weighted by Crippen LogP contribution is 2.15. The lowest BCUT2D eigenvalue weighted by molar-refractivity contribution is -0.178. The fraction of sp³-hybridized carbons (Fsp3) is 0.615. The fourth-order valence-corrected chi connectivity index (χ4v) is 2.63. The molecule has 0 fully saturated rings. The first-order valence-electron chi connectivity index (χ1n) is 12.3. The highest BCUT2D eigenvalue weighted by molar-refractivity contribution is 5.83. The number of carbonyl (C=O) groups is 4. The number of fused-ring (bicyclic) bond motifs is 1. The number of rotatable bonds is 12. The minimum Gasteiger partial charge on any atom is -0.464 e. The number of ether oxygens (including phenoxy) is 4. The van der Waals surface area contributed by atoms with Gasteiger partial charge >= 0.3 is 11.9 Å². The smallest absolute Gasteiger partial charge is 0.337 e. The summed E-state index contributed by atoms with van der Waals surface area (Å²) in [5.41, 5.74) is -0.604. The Morgan fingerprint density at radius 1 is 0.923 bits per heavy atom. The maximum Gasteiger partial charge on any atom is 0.337 e. The van der Waals surface area contributed by atoms with Gasteiger partial charge in [0.1, 0.15) is 25.0 Å². The van der Waals surface area contributed by atoms with E-state index in [0.717, 1.165) is 11.0 Å². The van der Waals surface area contributed by atoms with Crippen LogP contribution in [-0.2, 0) is 44.9 Å². The van der Waals surface area contributed by atoms with Gasteiger partial charge in [-0.15, -0.1) is 5.10 Å².